The van der Waals surface area contributed by atoms with E-state index in [1.54, 1.807) is 6.33 Å². The molecule has 0 aliphatic heterocycles. The van der Waals surface area contributed by atoms with Gasteiger partial charge < -0.3 is 0 Å². The van der Waals surface area contributed by atoms with E-state index in [-0.39, 0.29) is 10.8 Å². The van der Waals surface area contributed by atoms with Gasteiger partial charge in [0.05, 0.1) is 15.9 Å². The van der Waals surface area contributed by atoms with Crippen molar-refractivity contribution in [3.63, 3.8) is 0 Å². The lowest BCUT2D eigenvalue weighted by atomic mass is 9.58. The van der Waals surface area contributed by atoms with Gasteiger partial charge in [0.1, 0.15) is 6.33 Å². The SMILES string of the molecule is CC(C)C(c1ccc2c(c1)sc1c(-c3cc(C(C)(C)C)c4ccccc4c3)ncnc12)(C(C)C)C(C)C. The molecule has 3 aromatic carbocycles. The minimum atomic E-state index is 0.0324. The lowest BCUT2D eigenvalue weighted by Crippen LogP contribution is -2.42. The van der Waals surface area contributed by atoms with E-state index >= 15 is 0 Å². The van der Waals surface area contributed by atoms with E-state index in [4.69, 9.17) is 9.97 Å². The summed E-state index contributed by atoms with van der Waals surface area (Å²) >= 11 is 1.84. The quantitative estimate of drug-likeness (QED) is 0.236. The maximum atomic E-state index is 4.86. The van der Waals surface area contributed by atoms with Gasteiger partial charge in [0, 0.05) is 21.1 Å². The Kier molecular flexibility index (Phi) is 6.43. The summed E-state index contributed by atoms with van der Waals surface area (Å²) in [4.78, 5) is 9.64. The predicted octanol–water partition coefficient (Wildman–Crippen LogP) is 10.2. The highest BCUT2D eigenvalue weighted by atomic mass is 32.1. The number of fused-ring (bicyclic) bond motifs is 4. The third-order valence-corrected chi connectivity index (χ3v) is 9.71. The number of benzene rings is 3. The van der Waals surface area contributed by atoms with Crippen molar-refractivity contribution in [2.75, 3.05) is 0 Å². The van der Waals surface area contributed by atoms with E-state index in [2.05, 4.69) is 117 Å². The topological polar surface area (TPSA) is 25.8 Å². The molecule has 0 spiro atoms. The molecule has 0 bridgehead atoms. The first-order valence-corrected chi connectivity index (χ1v) is 14.5. The summed E-state index contributed by atoms with van der Waals surface area (Å²) in [6, 6.07) is 20.5. The molecule has 5 aromatic rings. The third kappa shape index (κ3) is 4.07. The zero-order valence-electron chi connectivity index (χ0n) is 23.8. The van der Waals surface area contributed by atoms with E-state index < -0.39 is 0 Å². The van der Waals surface area contributed by atoms with E-state index in [1.165, 1.54) is 42.2 Å². The second-order valence-corrected chi connectivity index (χ2v) is 13.7. The Balaban J connectivity index is 1.76. The summed E-state index contributed by atoms with van der Waals surface area (Å²) in [6.07, 6.45) is 1.74. The van der Waals surface area contributed by atoms with Crippen LogP contribution < -0.4 is 0 Å². The van der Waals surface area contributed by atoms with Crippen molar-refractivity contribution < 1.29 is 0 Å². The molecule has 0 saturated carbocycles. The first-order valence-electron chi connectivity index (χ1n) is 13.7. The van der Waals surface area contributed by atoms with Crippen molar-refractivity contribution >= 4 is 42.4 Å². The maximum Gasteiger partial charge on any atom is 0.116 e. The van der Waals surface area contributed by atoms with Gasteiger partial charge in [0.2, 0.25) is 0 Å². The van der Waals surface area contributed by atoms with Crippen molar-refractivity contribution in [1.82, 2.24) is 9.97 Å². The fourth-order valence-electron chi connectivity index (χ4n) is 7.12. The molecule has 0 unspecified atom stereocenters. The smallest absolute Gasteiger partial charge is 0.116 e. The summed E-state index contributed by atoms with van der Waals surface area (Å²) in [7, 11) is 0. The lowest BCUT2D eigenvalue weighted by Gasteiger charge is -2.46. The first-order chi connectivity index (χ1) is 17.5. The highest BCUT2D eigenvalue weighted by Crippen LogP contribution is 2.48. The van der Waals surface area contributed by atoms with E-state index in [1.807, 2.05) is 11.3 Å². The molecule has 192 valence electrons. The van der Waals surface area contributed by atoms with Crippen molar-refractivity contribution in [3.8, 4) is 11.3 Å². The van der Waals surface area contributed by atoms with Gasteiger partial charge >= 0.3 is 0 Å². The molecule has 0 aliphatic rings. The lowest BCUT2D eigenvalue weighted by molar-refractivity contribution is 0.148. The molecule has 5 rings (SSSR count). The molecular formula is C34H40N2S. The molecule has 2 nitrogen and oxygen atoms in total. The average Bonchev–Trinajstić information content (AvgIpc) is 3.20. The normalized spacial score (nSPS) is 13.2. The minimum absolute atomic E-state index is 0.0324. The summed E-state index contributed by atoms with van der Waals surface area (Å²) in [5.41, 5.74) is 6.22. The molecule has 2 aromatic heterocycles. The highest BCUT2D eigenvalue weighted by Gasteiger charge is 2.41. The van der Waals surface area contributed by atoms with Crippen LogP contribution in [0.5, 0.6) is 0 Å². The highest BCUT2D eigenvalue weighted by molar-refractivity contribution is 7.26. The monoisotopic (exact) mass is 508 g/mol. The van der Waals surface area contributed by atoms with Gasteiger partial charge in [0.15, 0.2) is 0 Å². The third-order valence-electron chi connectivity index (χ3n) is 8.56. The van der Waals surface area contributed by atoms with E-state index in [9.17, 15) is 0 Å². The Bertz CT molecular complexity index is 1580. The molecule has 0 N–H and O–H groups in total. The fraction of sp³-hybridized carbons (Fsp3) is 0.412. The van der Waals surface area contributed by atoms with Crippen molar-refractivity contribution in [1.29, 1.82) is 0 Å². The molecule has 3 heteroatoms. The van der Waals surface area contributed by atoms with Gasteiger partial charge in [-0.05, 0) is 63.3 Å². The van der Waals surface area contributed by atoms with Gasteiger partial charge in [-0.1, -0.05) is 98.7 Å². The number of rotatable bonds is 5. The van der Waals surface area contributed by atoms with Crippen molar-refractivity contribution in [3.05, 3.63) is 72.1 Å². The van der Waals surface area contributed by atoms with E-state index in [0.29, 0.717) is 17.8 Å². The van der Waals surface area contributed by atoms with Crippen LogP contribution in [0.1, 0.15) is 73.4 Å². The number of nitrogens with zero attached hydrogens (tertiary/aromatic N) is 2. The average molecular weight is 509 g/mol. The first kappa shape index (κ1) is 25.9. The van der Waals surface area contributed by atoms with Gasteiger partial charge in [-0.15, -0.1) is 11.3 Å². The van der Waals surface area contributed by atoms with Crippen molar-refractivity contribution in [2.24, 2.45) is 17.8 Å². The second kappa shape index (κ2) is 9.20. The molecule has 0 saturated heterocycles. The largest absolute Gasteiger partial charge is 0.235 e. The van der Waals surface area contributed by atoms with Crippen LogP contribution in [0.25, 0.3) is 42.3 Å². The minimum Gasteiger partial charge on any atom is -0.235 e. The zero-order chi connectivity index (χ0) is 26.7. The molecule has 0 radical (unpaired) electrons. The fourth-order valence-corrected chi connectivity index (χ4v) is 8.32. The Morgan fingerprint density at radius 2 is 1.41 bits per heavy atom. The van der Waals surface area contributed by atoms with Gasteiger partial charge in [-0.25, -0.2) is 9.97 Å². The van der Waals surface area contributed by atoms with Crippen LogP contribution in [0.4, 0.5) is 0 Å². The summed E-state index contributed by atoms with van der Waals surface area (Å²) in [6.45, 7) is 21.2. The maximum absolute atomic E-state index is 4.86. The van der Waals surface area contributed by atoms with Crippen LogP contribution in [0.2, 0.25) is 0 Å². The Labute approximate surface area is 226 Å². The van der Waals surface area contributed by atoms with Crippen LogP contribution in [0.15, 0.2) is 60.9 Å². The number of hydrogen-bond donors (Lipinski definition) is 0. The number of thiophene rings is 1. The Morgan fingerprint density at radius 1 is 0.730 bits per heavy atom. The van der Waals surface area contributed by atoms with Gasteiger partial charge in [0.25, 0.3) is 0 Å². The Hall–Kier alpha value is -2.78. The second-order valence-electron chi connectivity index (χ2n) is 12.6. The van der Waals surface area contributed by atoms with Crippen LogP contribution in [0.3, 0.4) is 0 Å². The van der Waals surface area contributed by atoms with Crippen LogP contribution >= 0.6 is 11.3 Å². The standard InChI is InChI=1S/C34H40N2S/c1-20(2)34(21(3)4,22(5)6)25-14-15-27-29(18-25)37-32-30(35-19-36-31(27)32)24-16-23-12-10-11-13-26(23)28(17-24)33(7,8)9/h10-22H,1-9H3. The van der Waals surface area contributed by atoms with Crippen LogP contribution in [0, 0.1) is 17.8 Å². The molecule has 0 fully saturated rings. The molecule has 0 amide bonds. The number of aromatic nitrogens is 2. The van der Waals surface area contributed by atoms with Crippen LogP contribution in [-0.4, -0.2) is 9.97 Å². The summed E-state index contributed by atoms with van der Waals surface area (Å²) in [5, 5.41) is 3.81. The Morgan fingerprint density at radius 3 is 2.05 bits per heavy atom. The molecular weight excluding hydrogens is 468 g/mol. The van der Waals surface area contributed by atoms with E-state index in [0.717, 1.165) is 11.2 Å². The summed E-state index contributed by atoms with van der Waals surface area (Å²) < 4.78 is 2.48. The molecule has 2 heterocycles. The van der Waals surface area contributed by atoms with Crippen LogP contribution in [-0.2, 0) is 10.8 Å². The summed E-state index contributed by atoms with van der Waals surface area (Å²) in [5.74, 6) is 1.63. The van der Waals surface area contributed by atoms with Gasteiger partial charge in [-0.3, -0.25) is 0 Å². The molecule has 37 heavy (non-hydrogen) atoms. The molecule has 0 atom stereocenters. The number of hydrogen-bond acceptors (Lipinski definition) is 3. The predicted molar refractivity (Wildman–Crippen MR) is 163 cm³/mol. The zero-order valence-corrected chi connectivity index (χ0v) is 24.6. The van der Waals surface area contributed by atoms with Crippen molar-refractivity contribution in [2.45, 2.75) is 73.1 Å². The molecule has 0 aliphatic carbocycles. The van der Waals surface area contributed by atoms with Gasteiger partial charge in [-0.2, -0.15) is 0 Å².